The lowest BCUT2D eigenvalue weighted by Crippen LogP contribution is -2.52. The maximum Gasteiger partial charge on any atom is 0.0198 e. The van der Waals surface area contributed by atoms with Crippen LogP contribution in [0.3, 0.4) is 0 Å². The third-order valence-electron chi connectivity index (χ3n) is 4.71. The van der Waals surface area contributed by atoms with Crippen LogP contribution in [-0.4, -0.2) is 98.1 Å². The Bertz CT molecular complexity index is 270. The number of likely N-dealkylation sites (N-methyl/N-ethyl adjacent to an activating group) is 3. The summed E-state index contributed by atoms with van der Waals surface area (Å²) in [5.41, 5.74) is 0. The fourth-order valence-corrected chi connectivity index (χ4v) is 3.15. The standard InChI is InChI=1S/C9H20N2.C7H16N2.C2H6/c1-8(2)11-6-5-10(4)7-9(11)3;1-7-6-8(2)4-5-9(7)3;1-2/h8-9H,5-7H2,1-4H3;7H,4-6H2,1-3H3;1-2H3. The Balaban J connectivity index is 0.000000366. The van der Waals surface area contributed by atoms with Gasteiger partial charge >= 0.3 is 0 Å². The Morgan fingerprint density at radius 1 is 0.727 bits per heavy atom. The zero-order valence-electron chi connectivity index (χ0n) is 16.8. The highest BCUT2D eigenvalue weighted by Crippen LogP contribution is 2.10. The summed E-state index contributed by atoms with van der Waals surface area (Å²) in [6, 6.07) is 2.18. The number of nitrogens with zero attached hydrogens (tertiary/aromatic N) is 4. The molecule has 0 N–H and O–H groups in total. The van der Waals surface area contributed by atoms with E-state index in [1.54, 1.807) is 0 Å². The molecule has 2 atom stereocenters. The number of hydrogen-bond donors (Lipinski definition) is 0. The van der Waals surface area contributed by atoms with Gasteiger partial charge in [-0.15, -0.1) is 0 Å². The molecule has 0 aromatic rings. The van der Waals surface area contributed by atoms with E-state index in [0.29, 0.717) is 6.04 Å². The molecule has 4 nitrogen and oxygen atoms in total. The lowest BCUT2D eigenvalue weighted by molar-refractivity contribution is 0.0741. The summed E-state index contributed by atoms with van der Waals surface area (Å²) in [4.78, 5) is 9.76. The minimum absolute atomic E-state index is 0.707. The van der Waals surface area contributed by atoms with Crippen LogP contribution in [0.1, 0.15) is 41.5 Å². The average molecular weight is 315 g/mol. The van der Waals surface area contributed by atoms with E-state index in [2.05, 4.69) is 68.4 Å². The molecule has 2 rings (SSSR count). The third kappa shape index (κ3) is 7.91. The van der Waals surface area contributed by atoms with Crippen molar-refractivity contribution in [2.45, 2.75) is 59.7 Å². The minimum Gasteiger partial charge on any atom is -0.304 e. The van der Waals surface area contributed by atoms with Gasteiger partial charge in [-0.2, -0.15) is 0 Å². The summed E-state index contributed by atoms with van der Waals surface area (Å²) in [5, 5.41) is 0. The Hall–Kier alpha value is -0.160. The van der Waals surface area contributed by atoms with Gasteiger partial charge < -0.3 is 14.7 Å². The van der Waals surface area contributed by atoms with Gasteiger partial charge in [0.25, 0.3) is 0 Å². The van der Waals surface area contributed by atoms with Crippen LogP contribution in [0.15, 0.2) is 0 Å². The molecule has 0 aliphatic carbocycles. The van der Waals surface area contributed by atoms with Crippen molar-refractivity contribution < 1.29 is 0 Å². The second kappa shape index (κ2) is 11.4. The van der Waals surface area contributed by atoms with Crippen molar-refractivity contribution in [3.05, 3.63) is 0 Å². The van der Waals surface area contributed by atoms with E-state index < -0.39 is 0 Å². The second-order valence-electron chi connectivity index (χ2n) is 7.03. The minimum atomic E-state index is 0.707. The number of rotatable bonds is 1. The first kappa shape index (κ1) is 21.8. The van der Waals surface area contributed by atoms with Crippen LogP contribution in [0.5, 0.6) is 0 Å². The summed E-state index contributed by atoms with van der Waals surface area (Å²) in [6.45, 7) is 20.5. The Morgan fingerprint density at radius 2 is 1.18 bits per heavy atom. The highest BCUT2D eigenvalue weighted by atomic mass is 15.3. The fraction of sp³-hybridized carbons (Fsp3) is 1.00. The van der Waals surface area contributed by atoms with Crippen molar-refractivity contribution in [3.8, 4) is 0 Å². The molecule has 0 bridgehead atoms. The lowest BCUT2D eigenvalue weighted by atomic mass is 10.1. The van der Waals surface area contributed by atoms with Crippen molar-refractivity contribution in [1.82, 2.24) is 19.6 Å². The topological polar surface area (TPSA) is 13.0 Å². The summed E-state index contributed by atoms with van der Waals surface area (Å²) >= 11 is 0. The molecule has 2 unspecified atom stereocenters. The van der Waals surface area contributed by atoms with Crippen molar-refractivity contribution in [3.63, 3.8) is 0 Å². The van der Waals surface area contributed by atoms with E-state index in [9.17, 15) is 0 Å². The Kier molecular flexibility index (Phi) is 11.3. The highest BCUT2D eigenvalue weighted by molar-refractivity contribution is 4.79. The van der Waals surface area contributed by atoms with E-state index >= 15 is 0 Å². The molecule has 0 spiro atoms. The van der Waals surface area contributed by atoms with Gasteiger partial charge in [0.2, 0.25) is 0 Å². The van der Waals surface area contributed by atoms with Crippen LogP contribution in [-0.2, 0) is 0 Å². The zero-order valence-corrected chi connectivity index (χ0v) is 16.8. The first-order valence-corrected chi connectivity index (χ1v) is 9.14. The van der Waals surface area contributed by atoms with Crippen molar-refractivity contribution in [1.29, 1.82) is 0 Å². The van der Waals surface area contributed by atoms with Crippen LogP contribution >= 0.6 is 0 Å². The van der Waals surface area contributed by atoms with Gasteiger partial charge in [0.05, 0.1) is 0 Å². The normalized spacial score (nSPS) is 28.6. The van der Waals surface area contributed by atoms with Crippen LogP contribution < -0.4 is 0 Å². The lowest BCUT2D eigenvalue weighted by Gasteiger charge is -2.40. The third-order valence-corrected chi connectivity index (χ3v) is 4.71. The first-order chi connectivity index (χ1) is 10.3. The van der Waals surface area contributed by atoms with E-state index in [0.717, 1.165) is 12.1 Å². The van der Waals surface area contributed by atoms with Gasteiger partial charge in [0.1, 0.15) is 0 Å². The van der Waals surface area contributed by atoms with E-state index in [1.807, 2.05) is 13.8 Å². The largest absolute Gasteiger partial charge is 0.304 e. The van der Waals surface area contributed by atoms with Crippen LogP contribution in [0.4, 0.5) is 0 Å². The maximum atomic E-state index is 2.57. The van der Waals surface area contributed by atoms with Crippen molar-refractivity contribution in [2.75, 3.05) is 60.4 Å². The molecule has 2 fully saturated rings. The monoisotopic (exact) mass is 314 g/mol. The van der Waals surface area contributed by atoms with E-state index in [1.165, 1.54) is 39.3 Å². The molecule has 2 aliphatic heterocycles. The molecule has 0 amide bonds. The zero-order chi connectivity index (χ0) is 17.3. The Morgan fingerprint density at radius 3 is 1.55 bits per heavy atom. The molecule has 4 heteroatoms. The van der Waals surface area contributed by atoms with Crippen LogP contribution in [0.25, 0.3) is 0 Å². The molecule has 134 valence electrons. The molecule has 2 saturated heterocycles. The molecule has 2 aliphatic rings. The fourth-order valence-electron chi connectivity index (χ4n) is 3.15. The van der Waals surface area contributed by atoms with Gasteiger partial charge in [-0.1, -0.05) is 13.8 Å². The summed E-state index contributed by atoms with van der Waals surface area (Å²) < 4.78 is 0. The SMILES string of the molecule is CC.CC(C)N1CCN(C)CC1C.CC1CN(C)CCN1C. The average Bonchev–Trinajstić information content (AvgIpc) is 2.45. The van der Waals surface area contributed by atoms with Gasteiger partial charge in [-0.05, 0) is 48.8 Å². The smallest absolute Gasteiger partial charge is 0.0198 e. The molecule has 0 radical (unpaired) electrons. The maximum absolute atomic E-state index is 2.57. The van der Waals surface area contributed by atoms with Crippen LogP contribution in [0, 0.1) is 0 Å². The second-order valence-corrected chi connectivity index (χ2v) is 7.03. The highest BCUT2D eigenvalue weighted by Gasteiger charge is 2.22. The molecule has 0 aromatic heterocycles. The van der Waals surface area contributed by atoms with E-state index in [-0.39, 0.29) is 0 Å². The molecular formula is C18H42N4. The molecule has 2 heterocycles. The predicted molar refractivity (Wildman–Crippen MR) is 99.7 cm³/mol. The van der Waals surface area contributed by atoms with Gasteiger partial charge in [0.15, 0.2) is 0 Å². The molecule has 0 saturated carbocycles. The molecule has 0 aromatic carbocycles. The summed E-state index contributed by atoms with van der Waals surface area (Å²) in [7, 11) is 6.58. The van der Waals surface area contributed by atoms with Crippen molar-refractivity contribution in [2.24, 2.45) is 0 Å². The van der Waals surface area contributed by atoms with Crippen LogP contribution in [0.2, 0.25) is 0 Å². The quantitative estimate of drug-likeness (QED) is 0.736. The molecule has 22 heavy (non-hydrogen) atoms. The summed E-state index contributed by atoms with van der Waals surface area (Å²) in [6.07, 6.45) is 0. The summed E-state index contributed by atoms with van der Waals surface area (Å²) in [5.74, 6) is 0. The number of piperazine rings is 2. The first-order valence-electron chi connectivity index (χ1n) is 9.14. The predicted octanol–water partition coefficient (Wildman–Crippen LogP) is 2.31. The number of hydrogen-bond acceptors (Lipinski definition) is 4. The van der Waals surface area contributed by atoms with Gasteiger partial charge in [-0.3, -0.25) is 4.90 Å². The van der Waals surface area contributed by atoms with Gasteiger partial charge in [-0.25, -0.2) is 0 Å². The Labute approximate surface area is 140 Å². The molecular weight excluding hydrogens is 272 g/mol. The van der Waals surface area contributed by atoms with E-state index in [4.69, 9.17) is 0 Å². The van der Waals surface area contributed by atoms with Crippen molar-refractivity contribution >= 4 is 0 Å². The van der Waals surface area contributed by atoms with Gasteiger partial charge in [0, 0.05) is 57.4 Å².